The van der Waals surface area contributed by atoms with Gasteiger partial charge in [0.05, 0.1) is 17.9 Å². The van der Waals surface area contributed by atoms with Crippen LogP contribution in [0.4, 0.5) is 10.5 Å². The Morgan fingerprint density at radius 3 is 2.50 bits per heavy atom. The van der Waals surface area contributed by atoms with Crippen LogP contribution in [0.2, 0.25) is 0 Å². The lowest BCUT2D eigenvalue weighted by atomic mass is 10.0. The highest BCUT2D eigenvalue weighted by molar-refractivity contribution is 5.96. The smallest absolute Gasteiger partial charge is 0.428 e. The molecule has 1 aliphatic rings. The molecular weight excluding hydrogens is 528 g/mol. The molecule has 0 radical (unpaired) electrons. The van der Waals surface area contributed by atoms with Gasteiger partial charge < -0.3 is 18.9 Å². The number of piperidine rings is 1. The molecular formula is C34H40N4O4. The number of para-hydroxylation sites is 1. The Labute approximate surface area is 247 Å². The first-order valence-corrected chi connectivity index (χ1v) is 14.9. The first kappa shape index (κ1) is 29.3. The van der Waals surface area contributed by atoms with E-state index in [1.807, 2.05) is 48.2 Å². The van der Waals surface area contributed by atoms with Gasteiger partial charge in [-0.3, -0.25) is 4.79 Å². The second-order valence-corrected chi connectivity index (χ2v) is 11.9. The van der Waals surface area contributed by atoms with Crippen molar-refractivity contribution in [1.82, 2.24) is 14.5 Å². The topological polar surface area (TPSA) is 86.5 Å². The SMILES string of the molecule is CCCCc1nc2cc(N3CCCCC3=O)c(C)nc2n1Cc1ccc(-c2ccccc2OC(=O)OC(C)(C)C)cc1. The van der Waals surface area contributed by atoms with E-state index in [2.05, 4.69) is 23.6 Å². The Balaban J connectivity index is 1.43. The van der Waals surface area contributed by atoms with E-state index in [0.717, 1.165) is 83.7 Å². The highest BCUT2D eigenvalue weighted by Crippen LogP contribution is 2.32. The number of ether oxygens (including phenoxy) is 2. The van der Waals surface area contributed by atoms with E-state index in [1.54, 1.807) is 26.8 Å². The van der Waals surface area contributed by atoms with Gasteiger partial charge >= 0.3 is 6.16 Å². The molecule has 2 aromatic heterocycles. The summed E-state index contributed by atoms with van der Waals surface area (Å²) in [6.45, 7) is 10.9. The zero-order valence-electron chi connectivity index (χ0n) is 25.3. The number of hydrogen-bond donors (Lipinski definition) is 0. The van der Waals surface area contributed by atoms with Crippen LogP contribution >= 0.6 is 0 Å². The van der Waals surface area contributed by atoms with Crippen LogP contribution in [0, 0.1) is 6.92 Å². The third-order valence-corrected chi connectivity index (χ3v) is 7.41. The number of pyridine rings is 1. The van der Waals surface area contributed by atoms with E-state index in [9.17, 15) is 9.59 Å². The van der Waals surface area contributed by atoms with E-state index in [4.69, 9.17) is 19.4 Å². The summed E-state index contributed by atoms with van der Waals surface area (Å²) in [7, 11) is 0. The van der Waals surface area contributed by atoms with Gasteiger partial charge in [-0.1, -0.05) is 55.8 Å². The molecule has 2 aromatic carbocycles. The third kappa shape index (κ3) is 6.64. The van der Waals surface area contributed by atoms with Crippen LogP contribution in [0.15, 0.2) is 54.6 Å². The van der Waals surface area contributed by atoms with E-state index >= 15 is 0 Å². The lowest BCUT2D eigenvalue weighted by Gasteiger charge is -2.27. The number of imidazole rings is 1. The number of hydrogen-bond acceptors (Lipinski definition) is 6. The van der Waals surface area contributed by atoms with Gasteiger partial charge in [0.25, 0.3) is 0 Å². The predicted molar refractivity (Wildman–Crippen MR) is 165 cm³/mol. The van der Waals surface area contributed by atoms with Crippen molar-refractivity contribution in [1.29, 1.82) is 0 Å². The van der Waals surface area contributed by atoms with Crippen LogP contribution in [0.3, 0.4) is 0 Å². The number of fused-ring (bicyclic) bond motifs is 1. The van der Waals surface area contributed by atoms with Crippen molar-refractivity contribution in [3.05, 3.63) is 71.7 Å². The molecule has 1 saturated heterocycles. The van der Waals surface area contributed by atoms with Gasteiger partial charge in [-0.05, 0) is 70.2 Å². The Morgan fingerprint density at radius 1 is 1.02 bits per heavy atom. The maximum atomic E-state index is 12.6. The number of carbonyl (C=O) groups is 2. The molecule has 3 heterocycles. The van der Waals surface area contributed by atoms with Crippen molar-refractivity contribution in [2.24, 2.45) is 0 Å². The number of carbonyl (C=O) groups excluding carboxylic acids is 2. The fraction of sp³-hybridized carbons (Fsp3) is 0.412. The number of rotatable bonds is 8. The minimum absolute atomic E-state index is 0.161. The summed E-state index contributed by atoms with van der Waals surface area (Å²) in [5.41, 5.74) is 5.59. The molecule has 0 aliphatic carbocycles. The average molecular weight is 569 g/mol. The molecule has 1 fully saturated rings. The van der Waals surface area contributed by atoms with Crippen molar-refractivity contribution in [2.75, 3.05) is 11.4 Å². The third-order valence-electron chi connectivity index (χ3n) is 7.41. The summed E-state index contributed by atoms with van der Waals surface area (Å²) in [5, 5.41) is 0. The van der Waals surface area contributed by atoms with Gasteiger partial charge in [-0.15, -0.1) is 0 Å². The van der Waals surface area contributed by atoms with Gasteiger partial charge in [-0.25, -0.2) is 14.8 Å². The molecule has 0 saturated carbocycles. The second kappa shape index (κ2) is 12.3. The summed E-state index contributed by atoms with van der Waals surface area (Å²) < 4.78 is 13.1. The highest BCUT2D eigenvalue weighted by Gasteiger charge is 2.24. The Hall–Kier alpha value is -4.20. The van der Waals surface area contributed by atoms with Gasteiger partial charge in [0.15, 0.2) is 5.65 Å². The largest absolute Gasteiger partial charge is 0.514 e. The van der Waals surface area contributed by atoms with Gasteiger partial charge in [0, 0.05) is 24.9 Å². The van der Waals surface area contributed by atoms with Crippen LogP contribution in [-0.4, -0.2) is 38.7 Å². The van der Waals surface area contributed by atoms with Crippen LogP contribution in [0.1, 0.15) is 76.9 Å². The van der Waals surface area contributed by atoms with Crippen LogP contribution in [0.25, 0.3) is 22.3 Å². The van der Waals surface area contributed by atoms with Crippen molar-refractivity contribution in [3.8, 4) is 16.9 Å². The van der Waals surface area contributed by atoms with Crippen molar-refractivity contribution >= 4 is 28.9 Å². The highest BCUT2D eigenvalue weighted by atomic mass is 16.7. The zero-order valence-corrected chi connectivity index (χ0v) is 25.3. The minimum atomic E-state index is -0.728. The summed E-state index contributed by atoms with van der Waals surface area (Å²) in [5.74, 6) is 1.61. The van der Waals surface area contributed by atoms with E-state index in [0.29, 0.717) is 18.7 Å². The lowest BCUT2D eigenvalue weighted by molar-refractivity contribution is -0.119. The molecule has 1 amide bonds. The molecule has 5 rings (SSSR count). The first-order chi connectivity index (χ1) is 20.1. The zero-order chi connectivity index (χ0) is 29.9. The second-order valence-electron chi connectivity index (χ2n) is 11.9. The molecule has 4 aromatic rings. The number of aromatic nitrogens is 3. The summed E-state index contributed by atoms with van der Waals surface area (Å²) in [6.07, 6.45) is 4.77. The minimum Gasteiger partial charge on any atom is -0.428 e. The molecule has 8 nitrogen and oxygen atoms in total. The fourth-order valence-electron chi connectivity index (χ4n) is 5.33. The average Bonchev–Trinajstić information content (AvgIpc) is 3.27. The van der Waals surface area contributed by atoms with Crippen LogP contribution < -0.4 is 9.64 Å². The number of amides is 1. The number of nitrogens with zero attached hydrogens (tertiary/aromatic N) is 4. The summed E-state index contributed by atoms with van der Waals surface area (Å²) in [6, 6.07) is 17.7. The molecule has 42 heavy (non-hydrogen) atoms. The fourth-order valence-corrected chi connectivity index (χ4v) is 5.33. The van der Waals surface area contributed by atoms with Crippen LogP contribution in [0.5, 0.6) is 5.75 Å². The van der Waals surface area contributed by atoms with E-state index < -0.39 is 11.8 Å². The molecule has 8 heteroatoms. The van der Waals surface area contributed by atoms with Crippen LogP contribution in [-0.2, 0) is 22.5 Å². The van der Waals surface area contributed by atoms with E-state index in [-0.39, 0.29) is 5.91 Å². The maximum absolute atomic E-state index is 12.6. The number of benzene rings is 2. The molecule has 0 bridgehead atoms. The normalized spacial score (nSPS) is 13.9. The molecule has 0 unspecified atom stereocenters. The molecule has 0 spiro atoms. The quantitative estimate of drug-likeness (QED) is 0.160. The predicted octanol–water partition coefficient (Wildman–Crippen LogP) is 7.63. The van der Waals surface area contributed by atoms with Crippen molar-refractivity contribution < 1.29 is 19.1 Å². The Morgan fingerprint density at radius 2 is 1.79 bits per heavy atom. The lowest BCUT2D eigenvalue weighted by Crippen LogP contribution is -2.35. The Kier molecular flexibility index (Phi) is 8.61. The summed E-state index contributed by atoms with van der Waals surface area (Å²) >= 11 is 0. The molecule has 0 N–H and O–H groups in total. The van der Waals surface area contributed by atoms with Crippen molar-refractivity contribution in [3.63, 3.8) is 0 Å². The standard InChI is InChI=1S/C34H40N4O4/c1-6-7-14-30-36-27-21-28(37-20-11-10-15-31(37)39)23(2)35-32(27)38(30)22-24-16-18-25(19-17-24)26-12-8-9-13-29(26)41-33(40)42-34(3,4)5/h8-9,12-13,16-19,21H,6-7,10-11,14-15,20,22H2,1-5H3. The molecule has 220 valence electrons. The maximum Gasteiger partial charge on any atom is 0.514 e. The molecule has 1 aliphatic heterocycles. The first-order valence-electron chi connectivity index (χ1n) is 14.9. The molecule has 0 atom stereocenters. The number of aryl methyl sites for hydroxylation is 2. The Bertz CT molecular complexity index is 1580. The van der Waals surface area contributed by atoms with Gasteiger partial charge in [0.1, 0.15) is 22.7 Å². The number of anilines is 1. The monoisotopic (exact) mass is 568 g/mol. The number of unbranched alkanes of at least 4 members (excludes halogenated alkanes) is 1. The van der Waals surface area contributed by atoms with Gasteiger partial charge in [-0.2, -0.15) is 0 Å². The summed E-state index contributed by atoms with van der Waals surface area (Å²) in [4.78, 5) is 36.8. The van der Waals surface area contributed by atoms with Crippen molar-refractivity contribution in [2.45, 2.75) is 85.3 Å². The van der Waals surface area contributed by atoms with E-state index in [1.165, 1.54) is 0 Å². The van der Waals surface area contributed by atoms with Gasteiger partial charge in [0.2, 0.25) is 5.91 Å².